The summed E-state index contributed by atoms with van der Waals surface area (Å²) >= 11 is 6.12. The number of hydrogen-bond donors (Lipinski definition) is 2. The van der Waals surface area contributed by atoms with Gasteiger partial charge in [0.1, 0.15) is 11.3 Å². The molecule has 0 amide bonds. The van der Waals surface area contributed by atoms with Gasteiger partial charge in [-0.25, -0.2) is 0 Å². The number of carboxylic acid groups (broad SMARTS) is 1. The molecule has 2 aliphatic heterocycles. The monoisotopic (exact) mass is 281 g/mol. The summed E-state index contributed by atoms with van der Waals surface area (Å²) in [7, 11) is 0. The molecule has 1 aromatic carbocycles. The standard InChI is InChI=1S/C14H16ClNO3/c15-11-6-9-2-5-19-12(9)10(7-11)8-14(13(17)18)3-1-4-16-14/h6-7,16H,1-5,8H2,(H,17,18). The largest absolute Gasteiger partial charge is 0.493 e. The third-order valence-corrected chi connectivity index (χ3v) is 4.19. The summed E-state index contributed by atoms with van der Waals surface area (Å²) in [6.45, 7) is 1.39. The van der Waals surface area contributed by atoms with Crippen LogP contribution in [0.4, 0.5) is 0 Å². The molecule has 0 aromatic heterocycles. The average Bonchev–Trinajstić information content (AvgIpc) is 2.97. The lowest BCUT2D eigenvalue weighted by atomic mass is 9.88. The predicted molar refractivity (Wildman–Crippen MR) is 72.0 cm³/mol. The van der Waals surface area contributed by atoms with Crippen molar-refractivity contribution in [3.63, 3.8) is 0 Å². The molecule has 0 bridgehead atoms. The number of halogens is 1. The molecule has 19 heavy (non-hydrogen) atoms. The van der Waals surface area contributed by atoms with Crippen LogP contribution < -0.4 is 10.1 Å². The van der Waals surface area contributed by atoms with Crippen LogP contribution in [0.1, 0.15) is 24.0 Å². The van der Waals surface area contributed by atoms with E-state index in [0.29, 0.717) is 24.5 Å². The Labute approximate surface area is 116 Å². The first-order valence-electron chi connectivity index (χ1n) is 6.53. The van der Waals surface area contributed by atoms with Crippen LogP contribution in [0.25, 0.3) is 0 Å². The molecule has 1 aromatic rings. The van der Waals surface area contributed by atoms with Gasteiger partial charge in [-0.1, -0.05) is 11.6 Å². The molecule has 0 aliphatic carbocycles. The molecule has 4 nitrogen and oxygen atoms in total. The molecule has 1 saturated heterocycles. The molecule has 0 radical (unpaired) electrons. The van der Waals surface area contributed by atoms with Gasteiger partial charge in [0, 0.05) is 17.9 Å². The summed E-state index contributed by atoms with van der Waals surface area (Å²) in [5.41, 5.74) is 1.11. The quantitative estimate of drug-likeness (QED) is 0.890. The number of rotatable bonds is 3. The van der Waals surface area contributed by atoms with Crippen molar-refractivity contribution in [2.75, 3.05) is 13.2 Å². The third-order valence-electron chi connectivity index (χ3n) is 3.97. The molecule has 0 spiro atoms. The topological polar surface area (TPSA) is 58.6 Å². The Hall–Kier alpha value is -1.26. The van der Waals surface area contributed by atoms with Gasteiger partial charge in [0.05, 0.1) is 6.61 Å². The summed E-state index contributed by atoms with van der Waals surface area (Å²) in [5.74, 6) is 0.0375. The maximum absolute atomic E-state index is 11.6. The molecule has 0 saturated carbocycles. The first-order chi connectivity index (χ1) is 9.11. The first kappa shape index (κ1) is 12.8. The second-order valence-electron chi connectivity index (χ2n) is 5.25. The number of aliphatic carboxylic acids is 1. The highest BCUT2D eigenvalue weighted by molar-refractivity contribution is 6.30. The van der Waals surface area contributed by atoms with Crippen molar-refractivity contribution in [2.45, 2.75) is 31.2 Å². The molecular weight excluding hydrogens is 266 g/mol. The van der Waals surface area contributed by atoms with E-state index in [0.717, 1.165) is 36.3 Å². The molecule has 5 heteroatoms. The minimum Gasteiger partial charge on any atom is -0.493 e. The van der Waals surface area contributed by atoms with Crippen LogP contribution in [-0.4, -0.2) is 29.8 Å². The van der Waals surface area contributed by atoms with Gasteiger partial charge in [0.25, 0.3) is 0 Å². The Bertz CT molecular complexity index is 524. The fraction of sp³-hybridized carbons (Fsp3) is 0.500. The van der Waals surface area contributed by atoms with Crippen molar-refractivity contribution >= 4 is 17.6 Å². The van der Waals surface area contributed by atoms with E-state index in [1.807, 2.05) is 12.1 Å². The molecule has 102 valence electrons. The van der Waals surface area contributed by atoms with Gasteiger partial charge in [-0.05, 0) is 42.6 Å². The zero-order valence-electron chi connectivity index (χ0n) is 10.5. The van der Waals surface area contributed by atoms with E-state index < -0.39 is 11.5 Å². The number of hydrogen-bond acceptors (Lipinski definition) is 3. The molecule has 2 N–H and O–H groups in total. The van der Waals surface area contributed by atoms with Crippen LogP contribution in [0.2, 0.25) is 5.02 Å². The van der Waals surface area contributed by atoms with E-state index in [1.165, 1.54) is 0 Å². The van der Waals surface area contributed by atoms with Crippen LogP contribution in [0.5, 0.6) is 5.75 Å². The highest BCUT2D eigenvalue weighted by Crippen LogP contribution is 2.36. The SMILES string of the molecule is O=C(O)C1(Cc2cc(Cl)cc3c2OCC3)CCCN1. The Kier molecular flexibility index (Phi) is 3.15. The zero-order valence-corrected chi connectivity index (χ0v) is 11.3. The normalized spacial score (nSPS) is 25.1. The fourth-order valence-corrected chi connectivity index (χ4v) is 3.28. The van der Waals surface area contributed by atoms with Gasteiger partial charge < -0.3 is 15.2 Å². The van der Waals surface area contributed by atoms with Crippen LogP contribution in [0.15, 0.2) is 12.1 Å². The maximum Gasteiger partial charge on any atom is 0.324 e. The van der Waals surface area contributed by atoms with Crippen molar-refractivity contribution < 1.29 is 14.6 Å². The Morgan fingerprint density at radius 2 is 2.37 bits per heavy atom. The molecule has 1 atom stereocenters. The Morgan fingerprint density at radius 1 is 1.53 bits per heavy atom. The van der Waals surface area contributed by atoms with Gasteiger partial charge in [0.2, 0.25) is 0 Å². The summed E-state index contributed by atoms with van der Waals surface area (Å²) in [6, 6.07) is 3.74. The number of benzene rings is 1. The predicted octanol–water partition coefficient (Wildman–Crippen LogP) is 2.02. The summed E-state index contributed by atoms with van der Waals surface area (Å²) in [6.07, 6.45) is 2.79. The van der Waals surface area contributed by atoms with E-state index in [4.69, 9.17) is 16.3 Å². The van der Waals surface area contributed by atoms with Crippen LogP contribution in [-0.2, 0) is 17.6 Å². The smallest absolute Gasteiger partial charge is 0.324 e. The van der Waals surface area contributed by atoms with Gasteiger partial charge in [-0.15, -0.1) is 0 Å². The van der Waals surface area contributed by atoms with Crippen LogP contribution in [0, 0.1) is 0 Å². The Balaban J connectivity index is 1.97. The molecule has 1 unspecified atom stereocenters. The van der Waals surface area contributed by atoms with Crippen molar-refractivity contribution in [3.05, 3.63) is 28.3 Å². The van der Waals surface area contributed by atoms with Crippen LogP contribution in [0.3, 0.4) is 0 Å². The molecule has 1 fully saturated rings. The number of carbonyl (C=O) groups is 1. The molecular formula is C14H16ClNO3. The van der Waals surface area contributed by atoms with Crippen molar-refractivity contribution in [1.82, 2.24) is 5.32 Å². The lowest BCUT2D eigenvalue weighted by Gasteiger charge is -2.25. The number of nitrogens with one attached hydrogen (secondary N) is 1. The van der Waals surface area contributed by atoms with Gasteiger partial charge in [-0.3, -0.25) is 4.79 Å². The van der Waals surface area contributed by atoms with Gasteiger partial charge in [-0.2, -0.15) is 0 Å². The highest BCUT2D eigenvalue weighted by Gasteiger charge is 2.42. The minimum atomic E-state index is -0.871. The third kappa shape index (κ3) is 2.19. The van der Waals surface area contributed by atoms with Gasteiger partial charge >= 0.3 is 5.97 Å². The lowest BCUT2D eigenvalue weighted by molar-refractivity contribution is -0.144. The van der Waals surface area contributed by atoms with E-state index in [9.17, 15) is 9.90 Å². The second-order valence-corrected chi connectivity index (χ2v) is 5.68. The summed E-state index contributed by atoms with van der Waals surface area (Å²) in [4.78, 5) is 11.6. The minimum absolute atomic E-state index is 0.422. The second kappa shape index (κ2) is 4.69. The zero-order chi connectivity index (χ0) is 13.5. The summed E-state index contributed by atoms with van der Waals surface area (Å²) in [5, 5.41) is 13.3. The van der Waals surface area contributed by atoms with Crippen molar-refractivity contribution in [3.8, 4) is 5.75 Å². The molecule has 2 heterocycles. The summed E-state index contributed by atoms with van der Waals surface area (Å²) < 4.78 is 5.64. The van der Waals surface area contributed by atoms with Crippen molar-refractivity contribution in [1.29, 1.82) is 0 Å². The number of fused-ring (bicyclic) bond motifs is 1. The fourth-order valence-electron chi connectivity index (χ4n) is 3.02. The average molecular weight is 282 g/mol. The van der Waals surface area contributed by atoms with E-state index >= 15 is 0 Å². The first-order valence-corrected chi connectivity index (χ1v) is 6.91. The lowest BCUT2D eigenvalue weighted by Crippen LogP contribution is -2.49. The van der Waals surface area contributed by atoms with E-state index in [2.05, 4.69) is 5.32 Å². The highest BCUT2D eigenvalue weighted by atomic mass is 35.5. The van der Waals surface area contributed by atoms with E-state index in [-0.39, 0.29) is 0 Å². The van der Waals surface area contributed by atoms with E-state index in [1.54, 1.807) is 0 Å². The molecule has 3 rings (SSSR count). The maximum atomic E-state index is 11.6. The van der Waals surface area contributed by atoms with Crippen LogP contribution >= 0.6 is 11.6 Å². The Morgan fingerprint density at radius 3 is 3.05 bits per heavy atom. The van der Waals surface area contributed by atoms with Crippen molar-refractivity contribution in [2.24, 2.45) is 0 Å². The number of ether oxygens (including phenoxy) is 1. The van der Waals surface area contributed by atoms with Gasteiger partial charge in [0.15, 0.2) is 0 Å². The number of carboxylic acids is 1. The molecule has 2 aliphatic rings.